The highest BCUT2D eigenvalue weighted by Gasteiger charge is 2.22. The number of nitrogens with zero attached hydrogens (tertiary/aromatic N) is 1. The average Bonchev–Trinajstić information content (AvgIpc) is 2.80. The third-order valence-corrected chi connectivity index (χ3v) is 4.88. The highest BCUT2D eigenvalue weighted by Crippen LogP contribution is 2.22. The number of fused-ring (bicyclic) bond motifs is 1. The van der Waals surface area contributed by atoms with Crippen molar-refractivity contribution < 1.29 is 9.59 Å². The van der Waals surface area contributed by atoms with E-state index < -0.39 is 6.04 Å². The number of anilines is 1. The van der Waals surface area contributed by atoms with Crippen LogP contribution < -0.4 is 10.6 Å². The minimum atomic E-state index is -0.725. The SMILES string of the molecule is O=C(NC(Cc1ccccc1)C(=O)Nc1cccc2cnccc12)c1ccccc1. The van der Waals surface area contributed by atoms with E-state index in [1.165, 1.54) is 0 Å². The van der Waals surface area contributed by atoms with E-state index in [0.29, 0.717) is 17.7 Å². The number of aromatic nitrogens is 1. The van der Waals surface area contributed by atoms with Crippen LogP contribution in [0.15, 0.2) is 97.3 Å². The van der Waals surface area contributed by atoms with Gasteiger partial charge in [0.25, 0.3) is 5.91 Å². The summed E-state index contributed by atoms with van der Waals surface area (Å²) in [4.78, 5) is 30.0. The van der Waals surface area contributed by atoms with Crippen LogP contribution in [0.3, 0.4) is 0 Å². The van der Waals surface area contributed by atoms with E-state index in [-0.39, 0.29) is 11.8 Å². The molecule has 0 spiro atoms. The molecule has 1 aromatic heterocycles. The van der Waals surface area contributed by atoms with Gasteiger partial charge in [-0.2, -0.15) is 0 Å². The number of hydrogen-bond donors (Lipinski definition) is 2. The molecule has 5 nitrogen and oxygen atoms in total. The van der Waals surface area contributed by atoms with Gasteiger partial charge in [0.15, 0.2) is 0 Å². The van der Waals surface area contributed by atoms with Crippen LogP contribution in [0, 0.1) is 0 Å². The van der Waals surface area contributed by atoms with E-state index in [9.17, 15) is 9.59 Å². The van der Waals surface area contributed by atoms with Crippen LogP contribution in [-0.2, 0) is 11.2 Å². The van der Waals surface area contributed by atoms with E-state index in [1.807, 2.05) is 60.7 Å². The van der Waals surface area contributed by atoms with Gasteiger partial charge in [0, 0.05) is 40.8 Å². The zero-order valence-electron chi connectivity index (χ0n) is 16.3. The molecule has 30 heavy (non-hydrogen) atoms. The van der Waals surface area contributed by atoms with E-state index in [1.54, 1.807) is 36.7 Å². The van der Waals surface area contributed by atoms with Crippen molar-refractivity contribution in [3.05, 3.63) is 108 Å². The molecule has 0 aliphatic heterocycles. The lowest BCUT2D eigenvalue weighted by Gasteiger charge is -2.19. The van der Waals surface area contributed by atoms with Crippen molar-refractivity contribution in [3.63, 3.8) is 0 Å². The summed E-state index contributed by atoms with van der Waals surface area (Å²) < 4.78 is 0. The third-order valence-electron chi connectivity index (χ3n) is 4.88. The van der Waals surface area contributed by atoms with Crippen molar-refractivity contribution in [1.29, 1.82) is 0 Å². The summed E-state index contributed by atoms with van der Waals surface area (Å²) in [7, 11) is 0. The van der Waals surface area contributed by atoms with Gasteiger partial charge in [0.2, 0.25) is 5.91 Å². The molecule has 0 aliphatic rings. The number of carbonyl (C=O) groups excluding carboxylic acids is 2. The lowest BCUT2D eigenvalue weighted by atomic mass is 10.0. The molecule has 0 bridgehead atoms. The highest BCUT2D eigenvalue weighted by atomic mass is 16.2. The van der Waals surface area contributed by atoms with E-state index in [0.717, 1.165) is 16.3 Å². The monoisotopic (exact) mass is 395 g/mol. The Morgan fingerprint density at radius 3 is 2.33 bits per heavy atom. The lowest BCUT2D eigenvalue weighted by Crippen LogP contribution is -2.45. The first-order chi connectivity index (χ1) is 14.7. The van der Waals surface area contributed by atoms with Gasteiger partial charge < -0.3 is 10.6 Å². The number of pyridine rings is 1. The smallest absolute Gasteiger partial charge is 0.251 e. The van der Waals surface area contributed by atoms with Crippen LogP contribution in [0.4, 0.5) is 5.69 Å². The third kappa shape index (κ3) is 4.52. The molecular formula is C25H21N3O2. The summed E-state index contributed by atoms with van der Waals surface area (Å²) >= 11 is 0. The summed E-state index contributed by atoms with van der Waals surface area (Å²) in [5.74, 6) is -0.554. The Hall–Kier alpha value is -3.99. The Bertz CT molecular complexity index is 1160. The van der Waals surface area contributed by atoms with Gasteiger partial charge in [-0.15, -0.1) is 0 Å². The van der Waals surface area contributed by atoms with Crippen molar-refractivity contribution in [3.8, 4) is 0 Å². The maximum atomic E-state index is 13.2. The first kappa shape index (κ1) is 19.3. The van der Waals surface area contributed by atoms with Gasteiger partial charge in [-0.05, 0) is 29.8 Å². The minimum absolute atomic E-state index is 0.271. The molecule has 0 radical (unpaired) electrons. The van der Waals surface area contributed by atoms with Gasteiger partial charge in [0.05, 0.1) is 0 Å². The molecule has 1 unspecified atom stereocenters. The molecule has 3 aromatic carbocycles. The van der Waals surface area contributed by atoms with Crippen LogP contribution >= 0.6 is 0 Å². The molecule has 0 saturated carbocycles. The van der Waals surface area contributed by atoms with Crippen molar-refractivity contribution >= 4 is 28.3 Å². The number of hydrogen-bond acceptors (Lipinski definition) is 3. The second kappa shape index (κ2) is 9.01. The summed E-state index contributed by atoms with van der Waals surface area (Å²) in [5.41, 5.74) is 2.17. The fourth-order valence-corrected chi connectivity index (χ4v) is 3.34. The van der Waals surface area contributed by atoms with Crippen LogP contribution in [0.5, 0.6) is 0 Å². The molecule has 1 atom stereocenters. The normalized spacial score (nSPS) is 11.6. The van der Waals surface area contributed by atoms with Crippen LogP contribution in [0.2, 0.25) is 0 Å². The predicted molar refractivity (Wildman–Crippen MR) is 118 cm³/mol. The molecule has 5 heteroatoms. The number of rotatable bonds is 6. The average molecular weight is 395 g/mol. The fraction of sp³-hybridized carbons (Fsp3) is 0.0800. The van der Waals surface area contributed by atoms with Crippen molar-refractivity contribution in [1.82, 2.24) is 10.3 Å². The molecule has 148 valence electrons. The summed E-state index contributed by atoms with van der Waals surface area (Å²) in [6.45, 7) is 0. The molecule has 0 fully saturated rings. The topological polar surface area (TPSA) is 71.1 Å². The molecule has 0 aliphatic carbocycles. The molecule has 2 amide bonds. The van der Waals surface area contributed by atoms with Crippen LogP contribution in [0.25, 0.3) is 10.8 Å². The van der Waals surface area contributed by atoms with Crippen molar-refractivity contribution in [2.75, 3.05) is 5.32 Å². The predicted octanol–water partition coefficient (Wildman–Crippen LogP) is 4.21. The zero-order chi connectivity index (χ0) is 20.8. The van der Waals surface area contributed by atoms with Gasteiger partial charge in [-0.3, -0.25) is 14.6 Å². The Balaban J connectivity index is 1.59. The van der Waals surface area contributed by atoms with E-state index in [4.69, 9.17) is 0 Å². The molecule has 4 aromatic rings. The minimum Gasteiger partial charge on any atom is -0.340 e. The maximum absolute atomic E-state index is 13.2. The summed E-state index contributed by atoms with van der Waals surface area (Å²) in [5, 5.41) is 7.70. The molecule has 4 rings (SSSR count). The Labute approximate surface area is 174 Å². The molecule has 1 heterocycles. The Morgan fingerprint density at radius 1 is 0.833 bits per heavy atom. The van der Waals surface area contributed by atoms with Crippen molar-refractivity contribution in [2.24, 2.45) is 0 Å². The van der Waals surface area contributed by atoms with Crippen LogP contribution in [0.1, 0.15) is 15.9 Å². The number of benzene rings is 3. The zero-order valence-corrected chi connectivity index (χ0v) is 16.3. The van der Waals surface area contributed by atoms with Gasteiger partial charge >= 0.3 is 0 Å². The number of carbonyl (C=O) groups is 2. The lowest BCUT2D eigenvalue weighted by molar-refractivity contribution is -0.118. The van der Waals surface area contributed by atoms with Crippen LogP contribution in [-0.4, -0.2) is 22.8 Å². The number of nitrogens with one attached hydrogen (secondary N) is 2. The second-order valence-electron chi connectivity index (χ2n) is 6.97. The maximum Gasteiger partial charge on any atom is 0.251 e. The van der Waals surface area contributed by atoms with Gasteiger partial charge in [0.1, 0.15) is 6.04 Å². The quantitative estimate of drug-likeness (QED) is 0.514. The van der Waals surface area contributed by atoms with Gasteiger partial charge in [-0.1, -0.05) is 60.7 Å². The Kier molecular flexibility index (Phi) is 5.80. The second-order valence-corrected chi connectivity index (χ2v) is 6.97. The first-order valence-electron chi connectivity index (χ1n) is 9.74. The molecule has 2 N–H and O–H groups in total. The largest absolute Gasteiger partial charge is 0.340 e. The van der Waals surface area contributed by atoms with E-state index in [2.05, 4.69) is 15.6 Å². The summed E-state index contributed by atoms with van der Waals surface area (Å²) in [6, 6.07) is 25.3. The van der Waals surface area contributed by atoms with E-state index >= 15 is 0 Å². The summed E-state index contributed by atoms with van der Waals surface area (Å²) in [6.07, 6.45) is 3.83. The van der Waals surface area contributed by atoms with Crippen molar-refractivity contribution in [2.45, 2.75) is 12.5 Å². The first-order valence-corrected chi connectivity index (χ1v) is 9.74. The highest BCUT2D eigenvalue weighted by molar-refractivity contribution is 6.05. The fourth-order valence-electron chi connectivity index (χ4n) is 3.34. The Morgan fingerprint density at radius 2 is 1.57 bits per heavy atom. The standard InChI is InChI=1S/C25H21N3O2/c29-24(19-10-5-2-6-11-19)28-23(16-18-8-3-1-4-9-18)25(30)27-22-13-7-12-20-17-26-15-14-21(20)22/h1-15,17,23H,16H2,(H,27,30)(H,28,29). The van der Waals surface area contributed by atoms with Gasteiger partial charge in [-0.25, -0.2) is 0 Å². The molecule has 0 saturated heterocycles. The number of amides is 2. The molecular weight excluding hydrogens is 374 g/mol.